The van der Waals surface area contributed by atoms with Crippen LogP contribution in [0, 0.1) is 5.92 Å². The molecule has 86 valence electrons. The minimum Gasteiger partial charge on any atom is -0.435 e. The molecule has 3 unspecified atom stereocenters. The number of rotatable bonds is 6. The standard InChI is InChI=1S/C11H18O4/c1-6-7(2)14-11(15-10(5)13)8(3)9(4)12/h6-8,11H,1H2,2-5H3. The molecule has 0 spiro atoms. The Balaban J connectivity index is 4.49. The maximum atomic E-state index is 11.1. The molecule has 0 bridgehead atoms. The molecule has 0 amide bonds. The van der Waals surface area contributed by atoms with Gasteiger partial charge in [-0.15, -0.1) is 6.58 Å². The summed E-state index contributed by atoms with van der Waals surface area (Å²) in [5, 5.41) is 0. The normalized spacial score (nSPS) is 16.3. The molecule has 15 heavy (non-hydrogen) atoms. The van der Waals surface area contributed by atoms with Crippen molar-refractivity contribution in [2.45, 2.75) is 40.1 Å². The Morgan fingerprint density at radius 1 is 1.27 bits per heavy atom. The molecule has 0 aromatic heterocycles. The monoisotopic (exact) mass is 214 g/mol. The number of ketones is 1. The lowest BCUT2D eigenvalue weighted by Gasteiger charge is -2.24. The number of Topliss-reactive ketones (excluding diaryl/α,β-unsaturated/α-hetero) is 1. The Labute approximate surface area is 90.2 Å². The van der Waals surface area contributed by atoms with Gasteiger partial charge in [-0.05, 0) is 20.8 Å². The van der Waals surface area contributed by atoms with Crippen LogP contribution in [0.2, 0.25) is 0 Å². The van der Waals surface area contributed by atoms with Gasteiger partial charge in [0.1, 0.15) is 5.78 Å². The van der Waals surface area contributed by atoms with E-state index in [4.69, 9.17) is 9.47 Å². The summed E-state index contributed by atoms with van der Waals surface area (Å²) < 4.78 is 10.3. The van der Waals surface area contributed by atoms with Gasteiger partial charge in [0, 0.05) is 6.92 Å². The molecule has 3 atom stereocenters. The lowest BCUT2D eigenvalue weighted by atomic mass is 10.1. The van der Waals surface area contributed by atoms with Crippen molar-refractivity contribution in [3.63, 3.8) is 0 Å². The van der Waals surface area contributed by atoms with Crippen molar-refractivity contribution in [2.75, 3.05) is 0 Å². The molecule has 0 radical (unpaired) electrons. The summed E-state index contributed by atoms with van der Waals surface area (Å²) in [4.78, 5) is 22.0. The number of esters is 1. The Bertz CT molecular complexity index is 247. The van der Waals surface area contributed by atoms with Gasteiger partial charge in [0.2, 0.25) is 6.29 Å². The topological polar surface area (TPSA) is 52.6 Å². The Kier molecular flexibility index (Phi) is 5.86. The van der Waals surface area contributed by atoms with E-state index in [-0.39, 0.29) is 11.9 Å². The summed E-state index contributed by atoms with van der Waals surface area (Å²) in [6.45, 7) is 9.68. The fraction of sp³-hybridized carbons (Fsp3) is 0.636. The van der Waals surface area contributed by atoms with E-state index in [0.29, 0.717) is 0 Å². The molecule has 0 saturated heterocycles. The van der Waals surface area contributed by atoms with Gasteiger partial charge in [-0.1, -0.05) is 6.08 Å². The maximum absolute atomic E-state index is 11.1. The van der Waals surface area contributed by atoms with E-state index in [1.807, 2.05) is 0 Å². The first-order valence-corrected chi connectivity index (χ1v) is 4.84. The molecule has 0 saturated carbocycles. The smallest absolute Gasteiger partial charge is 0.304 e. The fourth-order valence-corrected chi connectivity index (χ4v) is 0.870. The molecule has 0 rings (SSSR count). The van der Waals surface area contributed by atoms with Crippen LogP contribution in [0.4, 0.5) is 0 Å². The zero-order valence-corrected chi connectivity index (χ0v) is 9.65. The third-order valence-electron chi connectivity index (χ3n) is 2.01. The molecular weight excluding hydrogens is 196 g/mol. The summed E-state index contributed by atoms with van der Waals surface area (Å²) in [7, 11) is 0. The zero-order valence-electron chi connectivity index (χ0n) is 9.65. The molecule has 0 fully saturated rings. The van der Waals surface area contributed by atoms with Crippen molar-refractivity contribution in [1.29, 1.82) is 0 Å². The van der Waals surface area contributed by atoms with Gasteiger partial charge < -0.3 is 9.47 Å². The molecule has 0 aliphatic carbocycles. The maximum Gasteiger partial charge on any atom is 0.304 e. The van der Waals surface area contributed by atoms with Crippen molar-refractivity contribution in [1.82, 2.24) is 0 Å². The second-order valence-electron chi connectivity index (χ2n) is 3.45. The molecular formula is C11H18O4. The highest BCUT2D eigenvalue weighted by Crippen LogP contribution is 2.13. The molecule has 4 nitrogen and oxygen atoms in total. The number of carbonyl (C=O) groups is 2. The average molecular weight is 214 g/mol. The Morgan fingerprint density at radius 3 is 2.13 bits per heavy atom. The van der Waals surface area contributed by atoms with E-state index in [1.54, 1.807) is 19.9 Å². The quantitative estimate of drug-likeness (QED) is 0.383. The minimum atomic E-state index is -0.840. The van der Waals surface area contributed by atoms with Crippen molar-refractivity contribution in [3.8, 4) is 0 Å². The number of hydrogen-bond acceptors (Lipinski definition) is 4. The van der Waals surface area contributed by atoms with Gasteiger partial charge in [0.25, 0.3) is 0 Å². The van der Waals surface area contributed by atoms with Gasteiger partial charge in [0.05, 0.1) is 12.0 Å². The van der Waals surface area contributed by atoms with Crippen LogP contribution in [0.1, 0.15) is 27.7 Å². The van der Waals surface area contributed by atoms with E-state index in [9.17, 15) is 9.59 Å². The molecule has 0 aromatic rings. The molecule has 0 aromatic carbocycles. The van der Waals surface area contributed by atoms with E-state index in [0.717, 1.165) is 0 Å². The molecule has 0 N–H and O–H groups in total. The third kappa shape index (κ3) is 5.32. The van der Waals surface area contributed by atoms with Crippen LogP contribution in [0.5, 0.6) is 0 Å². The highest BCUT2D eigenvalue weighted by atomic mass is 16.7. The van der Waals surface area contributed by atoms with Crippen molar-refractivity contribution in [3.05, 3.63) is 12.7 Å². The van der Waals surface area contributed by atoms with Crippen LogP contribution in [0.3, 0.4) is 0 Å². The van der Waals surface area contributed by atoms with Gasteiger partial charge in [-0.3, -0.25) is 9.59 Å². The Hall–Kier alpha value is -1.16. The summed E-state index contributed by atoms with van der Waals surface area (Å²) in [6.07, 6.45) is 0.466. The van der Waals surface area contributed by atoms with Crippen molar-refractivity contribution < 1.29 is 19.1 Å². The van der Waals surface area contributed by atoms with Crippen LogP contribution >= 0.6 is 0 Å². The lowest BCUT2D eigenvalue weighted by Crippen LogP contribution is -2.33. The minimum absolute atomic E-state index is 0.0856. The average Bonchev–Trinajstić information content (AvgIpc) is 2.14. The van der Waals surface area contributed by atoms with Crippen molar-refractivity contribution >= 4 is 11.8 Å². The largest absolute Gasteiger partial charge is 0.435 e. The molecule has 4 heteroatoms. The first-order valence-electron chi connectivity index (χ1n) is 4.84. The fourth-order valence-electron chi connectivity index (χ4n) is 0.870. The highest BCUT2D eigenvalue weighted by molar-refractivity contribution is 5.78. The zero-order chi connectivity index (χ0) is 12.0. The SMILES string of the molecule is C=CC(C)OC(OC(C)=O)C(C)C(C)=O. The predicted octanol–water partition coefficient (Wildman–Crippen LogP) is 1.69. The summed E-state index contributed by atoms with van der Waals surface area (Å²) in [5.41, 5.74) is 0. The van der Waals surface area contributed by atoms with E-state index in [1.165, 1.54) is 13.8 Å². The summed E-state index contributed by atoms with van der Waals surface area (Å²) >= 11 is 0. The van der Waals surface area contributed by atoms with Crippen LogP contribution in [-0.2, 0) is 19.1 Å². The highest BCUT2D eigenvalue weighted by Gasteiger charge is 2.25. The van der Waals surface area contributed by atoms with Gasteiger partial charge in [-0.2, -0.15) is 0 Å². The molecule has 0 aliphatic heterocycles. The van der Waals surface area contributed by atoms with Crippen LogP contribution in [-0.4, -0.2) is 24.1 Å². The van der Waals surface area contributed by atoms with E-state index >= 15 is 0 Å². The molecule has 0 aliphatic rings. The van der Waals surface area contributed by atoms with Gasteiger partial charge in [0.15, 0.2) is 0 Å². The van der Waals surface area contributed by atoms with Crippen LogP contribution < -0.4 is 0 Å². The lowest BCUT2D eigenvalue weighted by molar-refractivity contribution is -0.194. The second kappa shape index (κ2) is 6.35. The third-order valence-corrected chi connectivity index (χ3v) is 2.01. The first-order chi connectivity index (χ1) is 6.88. The van der Waals surface area contributed by atoms with Crippen molar-refractivity contribution in [2.24, 2.45) is 5.92 Å². The summed E-state index contributed by atoms with van der Waals surface area (Å²) in [6, 6.07) is 0. The van der Waals surface area contributed by atoms with E-state index < -0.39 is 18.2 Å². The van der Waals surface area contributed by atoms with Gasteiger partial charge >= 0.3 is 5.97 Å². The number of carbonyl (C=O) groups excluding carboxylic acids is 2. The Morgan fingerprint density at radius 2 is 1.80 bits per heavy atom. The number of ether oxygens (including phenoxy) is 2. The van der Waals surface area contributed by atoms with Crippen LogP contribution in [0.25, 0.3) is 0 Å². The summed E-state index contributed by atoms with van der Waals surface area (Å²) in [5.74, 6) is -1.03. The predicted molar refractivity (Wildman–Crippen MR) is 56.1 cm³/mol. The van der Waals surface area contributed by atoms with E-state index in [2.05, 4.69) is 6.58 Å². The molecule has 0 heterocycles. The van der Waals surface area contributed by atoms with Crippen LogP contribution in [0.15, 0.2) is 12.7 Å². The van der Waals surface area contributed by atoms with Gasteiger partial charge in [-0.25, -0.2) is 0 Å². The second-order valence-corrected chi connectivity index (χ2v) is 3.45. The number of hydrogen-bond donors (Lipinski definition) is 0. The first kappa shape index (κ1) is 13.8.